The van der Waals surface area contributed by atoms with Crippen molar-refractivity contribution in [3.63, 3.8) is 0 Å². The number of rotatable bonds is 4. The maximum Gasteiger partial charge on any atom is 0.331 e. The Labute approximate surface area is 150 Å². The van der Waals surface area contributed by atoms with Crippen LogP contribution in [0.25, 0.3) is 11.0 Å². The molecule has 0 atom stereocenters. The molecule has 7 heteroatoms. The van der Waals surface area contributed by atoms with Crippen LogP contribution >= 0.6 is 27.3 Å². The molecule has 0 bridgehead atoms. The number of halogens is 1. The van der Waals surface area contributed by atoms with Gasteiger partial charge in [0.15, 0.2) is 4.96 Å². The van der Waals surface area contributed by atoms with Crippen LogP contribution in [0.15, 0.2) is 51.2 Å². The summed E-state index contributed by atoms with van der Waals surface area (Å²) >= 11 is 4.80. The smallest absolute Gasteiger partial charge is 0.331 e. The van der Waals surface area contributed by atoms with E-state index in [4.69, 9.17) is 4.74 Å². The van der Waals surface area contributed by atoms with E-state index in [1.165, 1.54) is 27.9 Å². The summed E-state index contributed by atoms with van der Waals surface area (Å²) in [6.07, 6.45) is 4.69. The second kappa shape index (κ2) is 7.11. The van der Waals surface area contributed by atoms with Crippen LogP contribution in [0, 0.1) is 6.92 Å². The first-order valence-electron chi connectivity index (χ1n) is 7.10. The maximum absolute atomic E-state index is 11.9. The Balaban J connectivity index is 1.66. The van der Waals surface area contributed by atoms with Crippen LogP contribution in [0.3, 0.4) is 0 Å². The largest absolute Gasteiger partial charge is 0.456 e. The maximum atomic E-state index is 11.9. The third kappa shape index (κ3) is 3.80. The van der Waals surface area contributed by atoms with E-state index in [9.17, 15) is 9.59 Å². The van der Waals surface area contributed by atoms with Crippen molar-refractivity contribution in [1.82, 2.24) is 9.38 Å². The van der Waals surface area contributed by atoms with E-state index in [0.717, 1.165) is 15.6 Å². The molecule has 0 radical (unpaired) electrons. The summed E-state index contributed by atoms with van der Waals surface area (Å²) in [6.45, 7) is 1.95. The summed E-state index contributed by atoms with van der Waals surface area (Å²) in [5, 5.41) is 1.78. The normalized spacial score (nSPS) is 11.2. The van der Waals surface area contributed by atoms with Gasteiger partial charge in [0.1, 0.15) is 6.61 Å². The molecule has 24 heavy (non-hydrogen) atoms. The number of aryl methyl sites for hydroxylation is 1. The summed E-state index contributed by atoms with van der Waals surface area (Å²) in [7, 11) is 0. The van der Waals surface area contributed by atoms with Crippen molar-refractivity contribution in [2.24, 2.45) is 0 Å². The number of aromatic nitrogens is 2. The van der Waals surface area contributed by atoms with E-state index >= 15 is 0 Å². The lowest BCUT2D eigenvalue weighted by Crippen LogP contribution is -2.14. The van der Waals surface area contributed by atoms with Gasteiger partial charge in [-0.2, -0.15) is 0 Å². The van der Waals surface area contributed by atoms with Crippen LogP contribution in [0.1, 0.15) is 16.8 Å². The van der Waals surface area contributed by atoms with E-state index in [1.807, 2.05) is 25.1 Å². The van der Waals surface area contributed by atoms with E-state index < -0.39 is 5.97 Å². The van der Waals surface area contributed by atoms with Crippen molar-refractivity contribution in [3.8, 4) is 0 Å². The number of hydrogen-bond acceptors (Lipinski definition) is 5. The number of esters is 1. The van der Waals surface area contributed by atoms with Crippen LogP contribution < -0.4 is 5.56 Å². The first-order chi connectivity index (χ1) is 11.5. The topological polar surface area (TPSA) is 60.7 Å². The summed E-state index contributed by atoms with van der Waals surface area (Å²) in [5.41, 5.74) is 2.25. The fourth-order valence-electron chi connectivity index (χ4n) is 2.08. The molecule has 3 aromatic rings. The molecule has 5 nitrogen and oxygen atoms in total. The number of thiazole rings is 1. The zero-order chi connectivity index (χ0) is 17.1. The number of carbonyl (C=O) groups is 1. The Morgan fingerprint density at radius 2 is 2.25 bits per heavy atom. The molecule has 0 N–H and O–H groups in total. The van der Waals surface area contributed by atoms with Gasteiger partial charge in [0, 0.05) is 28.2 Å². The van der Waals surface area contributed by atoms with Crippen LogP contribution in [0.2, 0.25) is 0 Å². The van der Waals surface area contributed by atoms with Crippen molar-refractivity contribution in [2.45, 2.75) is 13.5 Å². The lowest BCUT2D eigenvalue weighted by molar-refractivity contribution is -0.139. The predicted octanol–water partition coefficient (Wildman–Crippen LogP) is 3.58. The molecule has 3 rings (SSSR count). The Morgan fingerprint density at radius 3 is 3.04 bits per heavy atom. The first-order valence-corrected chi connectivity index (χ1v) is 8.77. The molecule has 1 aromatic carbocycles. The highest BCUT2D eigenvalue weighted by Crippen LogP contribution is 2.19. The van der Waals surface area contributed by atoms with Gasteiger partial charge >= 0.3 is 5.97 Å². The zero-order valence-electron chi connectivity index (χ0n) is 12.7. The summed E-state index contributed by atoms with van der Waals surface area (Å²) in [4.78, 5) is 28.5. The van der Waals surface area contributed by atoms with Gasteiger partial charge in [0.2, 0.25) is 0 Å². The van der Waals surface area contributed by atoms with Crippen LogP contribution in [0.4, 0.5) is 0 Å². The molecule has 0 spiro atoms. The Kier molecular flexibility index (Phi) is 4.92. The lowest BCUT2D eigenvalue weighted by atomic mass is 10.1. The third-order valence-corrected chi connectivity index (χ3v) is 4.72. The van der Waals surface area contributed by atoms with Crippen LogP contribution in [-0.2, 0) is 16.1 Å². The number of fused-ring (bicyclic) bond motifs is 1. The van der Waals surface area contributed by atoms with Gasteiger partial charge in [0.05, 0.1) is 5.69 Å². The minimum absolute atomic E-state index is 0.0398. The minimum Gasteiger partial charge on any atom is -0.456 e. The van der Waals surface area contributed by atoms with Gasteiger partial charge in [-0.25, -0.2) is 9.78 Å². The van der Waals surface area contributed by atoms with E-state index in [0.29, 0.717) is 10.7 Å². The minimum atomic E-state index is -0.490. The van der Waals surface area contributed by atoms with Gasteiger partial charge in [-0.15, -0.1) is 11.3 Å². The highest BCUT2D eigenvalue weighted by molar-refractivity contribution is 9.10. The molecule has 0 unspecified atom stereocenters. The quantitative estimate of drug-likeness (QED) is 0.492. The third-order valence-electron chi connectivity index (χ3n) is 3.27. The number of ether oxygens (including phenoxy) is 1. The summed E-state index contributed by atoms with van der Waals surface area (Å²) in [5.74, 6) is -0.490. The monoisotopic (exact) mass is 404 g/mol. The average Bonchev–Trinajstić information content (AvgIpc) is 3.01. The van der Waals surface area contributed by atoms with Gasteiger partial charge in [-0.05, 0) is 30.2 Å². The van der Waals surface area contributed by atoms with E-state index in [2.05, 4.69) is 20.9 Å². The van der Waals surface area contributed by atoms with Gasteiger partial charge in [-0.1, -0.05) is 28.1 Å². The van der Waals surface area contributed by atoms with E-state index in [-0.39, 0.29) is 12.2 Å². The average molecular weight is 405 g/mol. The SMILES string of the molecule is Cc1ccc(/C=C/C(=O)OCc2cc(=O)n3ccsc3n2)c(Br)c1. The molecule has 122 valence electrons. The summed E-state index contributed by atoms with van der Waals surface area (Å²) < 4.78 is 7.50. The predicted molar refractivity (Wildman–Crippen MR) is 97.0 cm³/mol. The zero-order valence-corrected chi connectivity index (χ0v) is 15.1. The lowest BCUT2D eigenvalue weighted by Gasteiger charge is -2.02. The standard InChI is InChI=1S/C17H13BrN2O3S/c1-11-2-3-12(14(18)8-11)4-5-16(22)23-10-13-9-15(21)20-6-7-24-17(20)19-13/h2-9H,10H2,1H3/b5-4+. The molecule has 0 aliphatic rings. The number of benzene rings is 1. The van der Waals surface area contributed by atoms with Crippen molar-refractivity contribution < 1.29 is 9.53 Å². The van der Waals surface area contributed by atoms with Gasteiger partial charge in [-0.3, -0.25) is 9.20 Å². The molecule has 0 amide bonds. The molecule has 0 fully saturated rings. The Morgan fingerprint density at radius 1 is 1.42 bits per heavy atom. The number of carbonyl (C=O) groups excluding carboxylic acids is 1. The Hall–Kier alpha value is -2.25. The summed E-state index contributed by atoms with van der Waals surface area (Å²) in [6, 6.07) is 7.21. The second-order valence-electron chi connectivity index (χ2n) is 5.11. The molecule has 2 aromatic heterocycles. The first kappa shape index (κ1) is 16.6. The van der Waals surface area contributed by atoms with Crippen molar-refractivity contribution in [3.05, 3.63) is 73.6 Å². The fraction of sp³-hybridized carbons (Fsp3) is 0.118. The van der Waals surface area contributed by atoms with Crippen LogP contribution in [0.5, 0.6) is 0 Å². The van der Waals surface area contributed by atoms with Crippen molar-refractivity contribution in [2.75, 3.05) is 0 Å². The number of hydrogen-bond donors (Lipinski definition) is 0. The highest BCUT2D eigenvalue weighted by Gasteiger charge is 2.06. The fourth-order valence-corrected chi connectivity index (χ4v) is 3.44. The Bertz CT molecular complexity index is 991. The second-order valence-corrected chi connectivity index (χ2v) is 6.83. The highest BCUT2D eigenvalue weighted by atomic mass is 79.9. The van der Waals surface area contributed by atoms with Crippen molar-refractivity contribution >= 4 is 44.3 Å². The van der Waals surface area contributed by atoms with Gasteiger partial charge in [0.25, 0.3) is 5.56 Å². The van der Waals surface area contributed by atoms with Crippen LogP contribution in [-0.4, -0.2) is 15.4 Å². The van der Waals surface area contributed by atoms with Crippen molar-refractivity contribution in [1.29, 1.82) is 0 Å². The van der Waals surface area contributed by atoms with Gasteiger partial charge < -0.3 is 4.74 Å². The molecule has 2 heterocycles. The molecule has 0 aliphatic heterocycles. The molecule has 0 aliphatic carbocycles. The molecule has 0 saturated heterocycles. The molecular weight excluding hydrogens is 392 g/mol. The molecular formula is C17H13BrN2O3S. The number of nitrogens with zero attached hydrogens (tertiary/aromatic N) is 2. The molecule has 0 saturated carbocycles. The van der Waals surface area contributed by atoms with E-state index in [1.54, 1.807) is 17.7 Å².